The van der Waals surface area contributed by atoms with Crippen LogP contribution in [0.25, 0.3) is 15.9 Å². The third-order valence-electron chi connectivity index (χ3n) is 4.42. The molecule has 0 aliphatic rings. The molecule has 0 saturated carbocycles. The predicted molar refractivity (Wildman–Crippen MR) is 108 cm³/mol. The highest BCUT2D eigenvalue weighted by Gasteiger charge is 2.10. The summed E-state index contributed by atoms with van der Waals surface area (Å²) in [5, 5.41) is 5.14. The van der Waals surface area contributed by atoms with Gasteiger partial charge in [0, 0.05) is 23.2 Å². The maximum Gasteiger partial charge on any atom is 0.263 e. The van der Waals surface area contributed by atoms with Crippen molar-refractivity contribution in [1.82, 2.24) is 24.2 Å². The molecule has 3 aromatic heterocycles. The first-order valence-electron chi connectivity index (χ1n) is 8.89. The van der Waals surface area contributed by atoms with E-state index in [2.05, 4.69) is 21.9 Å². The highest BCUT2D eigenvalue weighted by atomic mass is 32.1. The molecule has 27 heavy (non-hydrogen) atoms. The molecule has 4 aromatic rings. The number of para-hydroxylation sites is 1. The molecule has 1 aromatic carbocycles. The summed E-state index contributed by atoms with van der Waals surface area (Å²) in [4.78, 5) is 21.3. The van der Waals surface area contributed by atoms with Crippen molar-refractivity contribution in [2.45, 2.75) is 26.6 Å². The van der Waals surface area contributed by atoms with Crippen LogP contribution >= 0.6 is 11.3 Å². The minimum atomic E-state index is 0.0165. The quantitative estimate of drug-likeness (QED) is 0.516. The van der Waals surface area contributed by atoms with Gasteiger partial charge in [-0.2, -0.15) is 5.10 Å². The molecule has 0 aliphatic heterocycles. The highest BCUT2D eigenvalue weighted by molar-refractivity contribution is 7.18. The van der Waals surface area contributed by atoms with E-state index in [1.165, 1.54) is 4.88 Å². The Morgan fingerprint density at radius 2 is 2.04 bits per heavy atom. The first kappa shape index (κ1) is 17.6. The Morgan fingerprint density at radius 1 is 1.22 bits per heavy atom. The Morgan fingerprint density at radius 3 is 2.81 bits per heavy atom. The Labute approximate surface area is 161 Å². The fourth-order valence-electron chi connectivity index (χ4n) is 3.07. The summed E-state index contributed by atoms with van der Waals surface area (Å²) in [5.41, 5.74) is 2.14. The van der Waals surface area contributed by atoms with E-state index in [-0.39, 0.29) is 5.56 Å². The Hall–Kier alpha value is -2.77. The van der Waals surface area contributed by atoms with Gasteiger partial charge < -0.3 is 0 Å². The fourth-order valence-corrected chi connectivity index (χ4v) is 4.00. The molecular weight excluding hydrogens is 358 g/mol. The van der Waals surface area contributed by atoms with Gasteiger partial charge in [-0.3, -0.25) is 14.3 Å². The van der Waals surface area contributed by atoms with Gasteiger partial charge in [0.15, 0.2) is 0 Å². The Bertz CT molecular complexity index is 1110. The summed E-state index contributed by atoms with van der Waals surface area (Å²) in [5.74, 6) is 0. The zero-order valence-electron chi connectivity index (χ0n) is 15.4. The SMILES string of the molecule is CCc1cc2c(=O)n(CN(C)Cc3cnn(-c4ccccc4)c3)cnc2s1. The number of rotatable bonds is 6. The lowest BCUT2D eigenvalue weighted by atomic mass is 10.3. The highest BCUT2D eigenvalue weighted by Crippen LogP contribution is 2.21. The number of fused-ring (bicyclic) bond motifs is 1. The smallest absolute Gasteiger partial charge is 0.263 e. The van der Waals surface area contributed by atoms with Gasteiger partial charge in [-0.05, 0) is 31.7 Å². The number of hydrogen-bond donors (Lipinski definition) is 0. The van der Waals surface area contributed by atoms with Crippen molar-refractivity contribution in [2.24, 2.45) is 0 Å². The summed E-state index contributed by atoms with van der Waals surface area (Å²) < 4.78 is 3.52. The van der Waals surface area contributed by atoms with E-state index in [0.29, 0.717) is 18.6 Å². The molecule has 0 aliphatic carbocycles. The van der Waals surface area contributed by atoms with Crippen molar-refractivity contribution in [2.75, 3.05) is 7.05 Å². The molecule has 0 radical (unpaired) electrons. The molecule has 0 fully saturated rings. The normalized spacial score (nSPS) is 11.5. The zero-order chi connectivity index (χ0) is 18.8. The predicted octanol–water partition coefficient (Wildman–Crippen LogP) is 3.30. The molecule has 7 heteroatoms. The number of hydrogen-bond acceptors (Lipinski definition) is 5. The minimum Gasteiger partial charge on any atom is -0.285 e. The maximum atomic E-state index is 12.7. The third-order valence-corrected chi connectivity index (χ3v) is 5.61. The zero-order valence-corrected chi connectivity index (χ0v) is 16.2. The molecule has 6 nitrogen and oxygen atoms in total. The second kappa shape index (κ2) is 7.46. The van der Waals surface area contributed by atoms with Crippen molar-refractivity contribution in [3.05, 3.63) is 75.9 Å². The van der Waals surface area contributed by atoms with Crippen molar-refractivity contribution in [3.8, 4) is 5.69 Å². The molecule has 0 bridgehead atoms. The minimum absolute atomic E-state index is 0.0165. The van der Waals surface area contributed by atoms with Gasteiger partial charge in [0.25, 0.3) is 5.56 Å². The van der Waals surface area contributed by atoms with E-state index in [4.69, 9.17) is 0 Å². The van der Waals surface area contributed by atoms with Gasteiger partial charge >= 0.3 is 0 Å². The second-order valence-corrected chi connectivity index (χ2v) is 7.70. The first-order chi connectivity index (χ1) is 13.1. The summed E-state index contributed by atoms with van der Waals surface area (Å²) in [6.45, 7) is 3.27. The van der Waals surface area contributed by atoms with E-state index in [1.54, 1.807) is 22.2 Å². The summed E-state index contributed by atoms with van der Waals surface area (Å²) >= 11 is 1.59. The monoisotopic (exact) mass is 379 g/mol. The van der Waals surface area contributed by atoms with Gasteiger partial charge in [0.1, 0.15) is 11.2 Å². The molecule has 0 spiro atoms. The van der Waals surface area contributed by atoms with Crippen molar-refractivity contribution in [1.29, 1.82) is 0 Å². The molecule has 0 saturated heterocycles. The van der Waals surface area contributed by atoms with Gasteiger partial charge in [-0.1, -0.05) is 25.1 Å². The number of benzene rings is 1. The number of aryl methyl sites for hydroxylation is 1. The van der Waals surface area contributed by atoms with Crippen LogP contribution in [-0.2, 0) is 19.6 Å². The van der Waals surface area contributed by atoms with E-state index in [9.17, 15) is 4.79 Å². The first-order valence-corrected chi connectivity index (χ1v) is 9.71. The van der Waals surface area contributed by atoms with Gasteiger partial charge in [-0.15, -0.1) is 11.3 Å². The number of nitrogens with zero attached hydrogens (tertiary/aromatic N) is 5. The molecule has 4 rings (SSSR count). The summed E-state index contributed by atoms with van der Waals surface area (Å²) in [7, 11) is 1.99. The molecule has 0 unspecified atom stereocenters. The molecule has 0 N–H and O–H groups in total. The Kier molecular flexibility index (Phi) is 4.87. The largest absolute Gasteiger partial charge is 0.285 e. The second-order valence-electron chi connectivity index (χ2n) is 6.59. The van der Waals surface area contributed by atoms with Crippen molar-refractivity contribution < 1.29 is 0 Å². The maximum absolute atomic E-state index is 12.7. The number of thiophene rings is 1. The van der Waals surface area contributed by atoms with Gasteiger partial charge in [-0.25, -0.2) is 9.67 Å². The van der Waals surface area contributed by atoms with E-state index >= 15 is 0 Å². The topological polar surface area (TPSA) is 56.0 Å². The lowest BCUT2D eigenvalue weighted by molar-refractivity contribution is 0.256. The van der Waals surface area contributed by atoms with Crippen LogP contribution in [0.4, 0.5) is 0 Å². The fraction of sp³-hybridized carbons (Fsp3) is 0.250. The van der Waals surface area contributed by atoms with Gasteiger partial charge in [0.2, 0.25) is 0 Å². The summed E-state index contributed by atoms with van der Waals surface area (Å²) in [6.07, 6.45) is 6.44. The van der Waals surface area contributed by atoms with Crippen LogP contribution in [0.15, 0.2) is 59.9 Å². The molecular formula is C20H21N5OS. The molecule has 3 heterocycles. The molecule has 0 amide bonds. The van der Waals surface area contributed by atoms with Crippen LogP contribution in [0.3, 0.4) is 0 Å². The average Bonchev–Trinajstić information content (AvgIpc) is 3.32. The average molecular weight is 379 g/mol. The van der Waals surface area contributed by atoms with Crippen LogP contribution in [0, 0.1) is 0 Å². The van der Waals surface area contributed by atoms with Crippen molar-refractivity contribution in [3.63, 3.8) is 0 Å². The van der Waals surface area contributed by atoms with E-state index in [1.807, 2.05) is 60.5 Å². The van der Waals surface area contributed by atoms with Crippen LogP contribution in [0.1, 0.15) is 17.4 Å². The number of aromatic nitrogens is 4. The van der Waals surface area contributed by atoms with E-state index in [0.717, 1.165) is 22.5 Å². The molecule has 0 atom stereocenters. The third kappa shape index (κ3) is 3.70. The lowest BCUT2D eigenvalue weighted by Crippen LogP contribution is -2.29. The van der Waals surface area contributed by atoms with Crippen LogP contribution < -0.4 is 5.56 Å². The molecule has 138 valence electrons. The lowest BCUT2D eigenvalue weighted by Gasteiger charge is -2.16. The Balaban J connectivity index is 1.49. The van der Waals surface area contributed by atoms with E-state index < -0.39 is 0 Å². The van der Waals surface area contributed by atoms with Crippen LogP contribution in [0.2, 0.25) is 0 Å². The van der Waals surface area contributed by atoms with Crippen LogP contribution in [0.5, 0.6) is 0 Å². The summed E-state index contributed by atoms with van der Waals surface area (Å²) in [6, 6.07) is 12.0. The van der Waals surface area contributed by atoms with Gasteiger partial charge in [0.05, 0.1) is 23.9 Å². The van der Waals surface area contributed by atoms with Crippen LogP contribution in [-0.4, -0.2) is 31.3 Å². The van der Waals surface area contributed by atoms with Crippen molar-refractivity contribution >= 4 is 21.6 Å². The standard InChI is InChI=1S/C20H21N5OS/c1-3-17-9-18-19(27-17)21-13-24(20(18)26)14-23(2)11-15-10-22-25(12-15)16-7-5-4-6-8-16/h4-10,12-13H,3,11,14H2,1-2H3.